The zero-order chi connectivity index (χ0) is 28.1. The van der Waals surface area contributed by atoms with Crippen molar-refractivity contribution in [2.24, 2.45) is 17.8 Å². The fourth-order valence-electron chi connectivity index (χ4n) is 5.33. The largest absolute Gasteiger partial charge is 0.481 e. The Kier molecular flexibility index (Phi) is 20.0. The van der Waals surface area contributed by atoms with Gasteiger partial charge in [-0.1, -0.05) is 76.7 Å². The van der Waals surface area contributed by atoms with E-state index in [1.165, 1.54) is 70.6 Å². The van der Waals surface area contributed by atoms with Gasteiger partial charge in [0.15, 0.2) is 0 Å². The van der Waals surface area contributed by atoms with E-state index in [1.807, 2.05) is 6.08 Å². The molecule has 0 aliphatic rings. The number of carbonyl (C=O) groups is 3. The molecule has 0 aromatic rings. The fourth-order valence-corrected chi connectivity index (χ4v) is 5.33. The Balaban J connectivity index is 4.46. The second kappa shape index (κ2) is 21.1. The summed E-state index contributed by atoms with van der Waals surface area (Å²) >= 11 is 0. The summed E-state index contributed by atoms with van der Waals surface area (Å²) in [4.78, 5) is 34.8. The summed E-state index contributed by atoms with van der Waals surface area (Å²) in [6.07, 6.45) is 20.3. The van der Waals surface area contributed by atoms with E-state index < -0.39 is 35.7 Å². The molecule has 0 fully saturated rings. The maximum Gasteiger partial charge on any atom is 0.311 e. The monoisotopic (exact) mass is 526 g/mol. The predicted octanol–water partition coefficient (Wildman–Crippen LogP) is 7.00. The van der Waals surface area contributed by atoms with Crippen molar-refractivity contribution >= 4 is 17.9 Å². The molecular formula is C30H56NO6+. The average Bonchev–Trinajstić information content (AvgIpc) is 2.83. The van der Waals surface area contributed by atoms with E-state index in [9.17, 15) is 29.7 Å². The molecule has 7 heteroatoms. The molecule has 7 nitrogen and oxygen atoms in total. The predicted molar refractivity (Wildman–Crippen MR) is 150 cm³/mol. The molecule has 3 unspecified atom stereocenters. The van der Waals surface area contributed by atoms with Crippen molar-refractivity contribution in [1.82, 2.24) is 0 Å². The summed E-state index contributed by atoms with van der Waals surface area (Å²) in [5, 5.41) is 28.5. The molecular weight excluding hydrogens is 470 g/mol. The van der Waals surface area contributed by atoms with Gasteiger partial charge in [-0.05, 0) is 46.5 Å². The first-order chi connectivity index (χ1) is 17.5. The Labute approximate surface area is 225 Å². The van der Waals surface area contributed by atoms with E-state index >= 15 is 0 Å². The molecule has 0 aliphatic carbocycles. The van der Waals surface area contributed by atoms with Crippen molar-refractivity contribution in [3.63, 3.8) is 0 Å². The van der Waals surface area contributed by atoms with Crippen LogP contribution in [0.2, 0.25) is 0 Å². The SMILES string of the molecule is C=CCCCCCCCCCCCCCCCC[N+](CC(C)C(=O)O)(CC(C)C(=O)O)CC(C)C(=O)O. The van der Waals surface area contributed by atoms with Crippen LogP contribution in [0.4, 0.5) is 0 Å². The highest BCUT2D eigenvalue weighted by molar-refractivity contribution is 5.70. The van der Waals surface area contributed by atoms with Crippen LogP contribution in [-0.4, -0.2) is 63.9 Å². The molecule has 0 amide bonds. The molecule has 0 heterocycles. The van der Waals surface area contributed by atoms with Crippen LogP contribution in [0.15, 0.2) is 12.7 Å². The minimum Gasteiger partial charge on any atom is -0.481 e. The van der Waals surface area contributed by atoms with E-state index in [2.05, 4.69) is 6.58 Å². The molecule has 0 aromatic carbocycles. The first-order valence-corrected chi connectivity index (χ1v) is 14.7. The molecule has 0 spiro atoms. The topological polar surface area (TPSA) is 112 Å². The summed E-state index contributed by atoms with van der Waals surface area (Å²) in [5.41, 5.74) is 0. The molecule has 0 saturated heterocycles. The molecule has 0 aliphatic heterocycles. The smallest absolute Gasteiger partial charge is 0.311 e. The van der Waals surface area contributed by atoms with E-state index in [4.69, 9.17) is 0 Å². The van der Waals surface area contributed by atoms with Crippen LogP contribution in [0, 0.1) is 17.8 Å². The molecule has 3 N–H and O–H groups in total. The van der Waals surface area contributed by atoms with Crippen LogP contribution in [-0.2, 0) is 14.4 Å². The number of nitrogens with zero attached hydrogens (tertiary/aromatic N) is 1. The van der Waals surface area contributed by atoms with Crippen molar-refractivity contribution in [3.05, 3.63) is 12.7 Å². The highest BCUT2D eigenvalue weighted by Crippen LogP contribution is 2.22. The van der Waals surface area contributed by atoms with Crippen LogP contribution < -0.4 is 0 Å². The minimum absolute atomic E-state index is 0.225. The van der Waals surface area contributed by atoms with E-state index in [0.29, 0.717) is 6.54 Å². The summed E-state index contributed by atoms with van der Waals surface area (Å²) < 4.78 is 0.225. The quantitative estimate of drug-likeness (QED) is 0.0635. The number of unbranched alkanes of at least 4 members (excludes halogenated alkanes) is 14. The number of aliphatic carboxylic acids is 3. The zero-order valence-corrected chi connectivity index (χ0v) is 24.0. The van der Waals surface area contributed by atoms with Crippen LogP contribution >= 0.6 is 0 Å². The van der Waals surface area contributed by atoms with Gasteiger partial charge in [-0.25, -0.2) is 0 Å². The molecule has 3 atom stereocenters. The lowest BCUT2D eigenvalue weighted by Gasteiger charge is -2.42. The molecule has 0 aromatic heterocycles. The maximum atomic E-state index is 11.6. The summed E-state index contributed by atoms with van der Waals surface area (Å²) in [6, 6.07) is 0. The Bertz CT molecular complexity index is 595. The number of carboxylic acids is 3. The van der Waals surface area contributed by atoms with E-state index in [0.717, 1.165) is 25.7 Å². The van der Waals surface area contributed by atoms with Crippen molar-refractivity contribution in [2.75, 3.05) is 26.2 Å². The third-order valence-corrected chi connectivity index (χ3v) is 7.54. The number of hydrogen-bond donors (Lipinski definition) is 3. The zero-order valence-electron chi connectivity index (χ0n) is 24.0. The maximum absolute atomic E-state index is 11.6. The van der Waals surface area contributed by atoms with Gasteiger partial charge in [0.2, 0.25) is 0 Å². The molecule has 0 bridgehead atoms. The van der Waals surface area contributed by atoms with Gasteiger partial charge >= 0.3 is 17.9 Å². The van der Waals surface area contributed by atoms with Crippen LogP contribution in [0.3, 0.4) is 0 Å². The Morgan fingerprint density at radius 2 is 0.838 bits per heavy atom. The minimum atomic E-state index is -0.933. The standard InChI is InChI=1S/C30H55NO6/c1-5-6-7-8-9-10-11-12-13-14-15-16-17-18-19-20-21-31(22-25(2)28(32)33,23-26(3)29(34)35)24-27(4)30(36)37/h5,25-27H,1,6-24H2,2-4H3,(H2-,32,33,34,35,36,37)/p+1. The number of allylic oxidation sites excluding steroid dienone is 1. The average molecular weight is 527 g/mol. The Morgan fingerprint density at radius 3 is 1.11 bits per heavy atom. The van der Waals surface area contributed by atoms with Gasteiger partial charge in [0.1, 0.15) is 17.8 Å². The molecule has 37 heavy (non-hydrogen) atoms. The van der Waals surface area contributed by atoms with Crippen molar-refractivity contribution < 1.29 is 34.2 Å². The third-order valence-electron chi connectivity index (χ3n) is 7.54. The lowest BCUT2D eigenvalue weighted by atomic mass is 10.00. The second-order valence-corrected chi connectivity index (χ2v) is 11.4. The van der Waals surface area contributed by atoms with Gasteiger partial charge in [-0.15, -0.1) is 6.58 Å². The van der Waals surface area contributed by atoms with Crippen LogP contribution in [0.1, 0.15) is 117 Å². The fraction of sp³-hybridized carbons (Fsp3) is 0.833. The second-order valence-electron chi connectivity index (χ2n) is 11.4. The first-order valence-electron chi connectivity index (χ1n) is 14.7. The lowest BCUT2D eigenvalue weighted by molar-refractivity contribution is -0.934. The van der Waals surface area contributed by atoms with Gasteiger partial charge in [0.05, 0.1) is 26.2 Å². The van der Waals surface area contributed by atoms with E-state index in [-0.39, 0.29) is 24.1 Å². The number of hydrogen-bond acceptors (Lipinski definition) is 3. The van der Waals surface area contributed by atoms with E-state index in [1.54, 1.807) is 20.8 Å². The van der Waals surface area contributed by atoms with Crippen LogP contribution in [0.25, 0.3) is 0 Å². The van der Waals surface area contributed by atoms with Gasteiger partial charge < -0.3 is 19.8 Å². The number of quaternary nitrogens is 1. The lowest BCUT2D eigenvalue weighted by Crippen LogP contribution is -2.57. The van der Waals surface area contributed by atoms with Crippen molar-refractivity contribution in [1.29, 1.82) is 0 Å². The van der Waals surface area contributed by atoms with Crippen LogP contribution in [0.5, 0.6) is 0 Å². The van der Waals surface area contributed by atoms with Gasteiger partial charge in [-0.3, -0.25) is 14.4 Å². The summed E-state index contributed by atoms with van der Waals surface area (Å²) in [5.74, 6) is -4.80. The molecule has 0 saturated carbocycles. The van der Waals surface area contributed by atoms with Crippen molar-refractivity contribution in [2.45, 2.75) is 117 Å². The first kappa shape index (κ1) is 35.1. The molecule has 216 valence electrons. The Hall–Kier alpha value is -1.89. The molecule has 0 rings (SSSR count). The normalized spacial score (nSPS) is 15.4. The summed E-state index contributed by atoms with van der Waals surface area (Å²) in [6.45, 7) is 9.99. The highest BCUT2D eigenvalue weighted by Gasteiger charge is 2.38. The summed E-state index contributed by atoms with van der Waals surface area (Å²) in [7, 11) is 0. The number of carboxylic acid groups (broad SMARTS) is 3. The molecule has 0 radical (unpaired) electrons. The van der Waals surface area contributed by atoms with Gasteiger partial charge in [-0.2, -0.15) is 0 Å². The van der Waals surface area contributed by atoms with Gasteiger partial charge in [0, 0.05) is 0 Å². The van der Waals surface area contributed by atoms with Crippen molar-refractivity contribution in [3.8, 4) is 0 Å². The number of rotatable bonds is 26. The third kappa shape index (κ3) is 18.1. The Morgan fingerprint density at radius 1 is 0.568 bits per heavy atom. The van der Waals surface area contributed by atoms with Gasteiger partial charge in [0.25, 0.3) is 0 Å². The highest BCUT2D eigenvalue weighted by atomic mass is 16.4.